The molecule has 0 amide bonds. The van der Waals surface area contributed by atoms with Gasteiger partial charge in [-0.1, -0.05) is 30.3 Å². The molecule has 1 N–H and O–H groups in total. The second-order valence-corrected chi connectivity index (χ2v) is 6.12. The van der Waals surface area contributed by atoms with E-state index < -0.39 is 6.09 Å². The predicted molar refractivity (Wildman–Crippen MR) is 102 cm³/mol. The van der Waals surface area contributed by atoms with Gasteiger partial charge in [-0.2, -0.15) is 0 Å². The molecule has 0 unspecified atom stereocenters. The van der Waals surface area contributed by atoms with Crippen LogP contribution in [0.5, 0.6) is 11.6 Å². The highest BCUT2D eigenvalue weighted by Gasteiger charge is 2.09. The van der Waals surface area contributed by atoms with E-state index in [4.69, 9.17) is 14.6 Å². The van der Waals surface area contributed by atoms with Gasteiger partial charge in [0.25, 0.3) is 0 Å². The zero-order chi connectivity index (χ0) is 19.3. The van der Waals surface area contributed by atoms with Crippen LogP contribution >= 0.6 is 0 Å². The average molecular weight is 375 g/mol. The fourth-order valence-corrected chi connectivity index (χ4v) is 2.83. The van der Waals surface area contributed by atoms with Crippen molar-refractivity contribution >= 4 is 17.0 Å². The van der Waals surface area contributed by atoms with E-state index in [0.29, 0.717) is 36.1 Å². The van der Waals surface area contributed by atoms with Crippen LogP contribution in [0.1, 0.15) is 11.3 Å². The van der Waals surface area contributed by atoms with Crippen molar-refractivity contribution in [1.29, 1.82) is 0 Å². The minimum absolute atomic E-state index is 0.342. The Kier molecular flexibility index (Phi) is 4.99. The summed E-state index contributed by atoms with van der Waals surface area (Å²) < 4.78 is 12.6. The number of hydrogen-bond acceptors (Lipinski definition) is 5. The highest BCUT2D eigenvalue weighted by atomic mass is 16.5. The Morgan fingerprint density at radius 3 is 2.68 bits per heavy atom. The van der Waals surface area contributed by atoms with Gasteiger partial charge in [0, 0.05) is 17.6 Å². The summed E-state index contributed by atoms with van der Waals surface area (Å²) in [5.74, 6) is 0.954. The van der Waals surface area contributed by atoms with E-state index in [9.17, 15) is 4.79 Å². The lowest BCUT2D eigenvalue weighted by molar-refractivity contribution is 0.104. The molecule has 0 saturated heterocycles. The second kappa shape index (κ2) is 7.89. The molecule has 2 heterocycles. The molecule has 0 aliphatic rings. The summed E-state index contributed by atoms with van der Waals surface area (Å²) in [4.78, 5) is 19.5. The van der Waals surface area contributed by atoms with Gasteiger partial charge in [-0.05, 0) is 29.8 Å². The maximum absolute atomic E-state index is 11.2. The standard InChI is InChI=1S/C21H17N3O4/c25-21(26)24-9-8-16-10-18(6-7-19(16)24)28-20-11-17(22-14-23-20)13-27-12-15-4-2-1-3-5-15/h1-11,14H,12-13H2,(H,25,26). The summed E-state index contributed by atoms with van der Waals surface area (Å²) >= 11 is 0. The fourth-order valence-electron chi connectivity index (χ4n) is 2.83. The lowest BCUT2D eigenvalue weighted by atomic mass is 10.2. The van der Waals surface area contributed by atoms with Crippen molar-refractivity contribution < 1.29 is 19.4 Å². The van der Waals surface area contributed by atoms with Crippen LogP contribution in [0.4, 0.5) is 4.79 Å². The molecule has 0 saturated carbocycles. The van der Waals surface area contributed by atoms with E-state index >= 15 is 0 Å². The Labute approximate surface area is 160 Å². The number of hydrogen-bond donors (Lipinski definition) is 1. The SMILES string of the molecule is O=C(O)n1ccc2cc(Oc3cc(COCc4ccccc4)ncn3)ccc21. The maximum Gasteiger partial charge on any atom is 0.415 e. The highest BCUT2D eigenvalue weighted by molar-refractivity contribution is 5.89. The van der Waals surface area contributed by atoms with Crippen LogP contribution in [0, 0.1) is 0 Å². The Bertz CT molecular complexity index is 1110. The van der Waals surface area contributed by atoms with Crippen LogP contribution < -0.4 is 4.74 Å². The summed E-state index contributed by atoms with van der Waals surface area (Å²) in [6, 6.07) is 18.5. The average Bonchev–Trinajstić information content (AvgIpc) is 3.13. The van der Waals surface area contributed by atoms with Crippen molar-refractivity contribution in [1.82, 2.24) is 14.5 Å². The number of carbonyl (C=O) groups is 1. The molecule has 28 heavy (non-hydrogen) atoms. The smallest absolute Gasteiger partial charge is 0.415 e. The number of rotatable bonds is 6. The summed E-state index contributed by atoms with van der Waals surface area (Å²) in [6.45, 7) is 0.840. The molecule has 0 radical (unpaired) electrons. The molecular formula is C21H17N3O4. The van der Waals surface area contributed by atoms with Gasteiger partial charge in [-0.25, -0.2) is 14.8 Å². The van der Waals surface area contributed by atoms with E-state index in [1.165, 1.54) is 12.5 Å². The molecule has 0 bridgehead atoms. The third kappa shape index (κ3) is 3.99. The normalized spacial score (nSPS) is 10.9. The van der Waals surface area contributed by atoms with E-state index in [1.54, 1.807) is 30.3 Å². The third-order valence-electron chi connectivity index (χ3n) is 4.15. The molecule has 0 fully saturated rings. The van der Waals surface area contributed by atoms with Gasteiger partial charge in [0.2, 0.25) is 5.88 Å². The van der Waals surface area contributed by atoms with E-state index in [2.05, 4.69) is 9.97 Å². The van der Waals surface area contributed by atoms with Crippen molar-refractivity contribution in [3.05, 3.63) is 84.4 Å². The van der Waals surface area contributed by atoms with Crippen molar-refractivity contribution in [2.24, 2.45) is 0 Å². The molecule has 4 aromatic rings. The van der Waals surface area contributed by atoms with Crippen LogP contribution in [-0.2, 0) is 18.0 Å². The molecular weight excluding hydrogens is 358 g/mol. The first-order valence-corrected chi connectivity index (χ1v) is 8.64. The van der Waals surface area contributed by atoms with Crippen LogP contribution in [0.25, 0.3) is 10.9 Å². The lowest BCUT2D eigenvalue weighted by Gasteiger charge is -2.07. The Morgan fingerprint density at radius 1 is 1.00 bits per heavy atom. The summed E-state index contributed by atoms with van der Waals surface area (Å²) in [7, 11) is 0. The van der Waals surface area contributed by atoms with Crippen LogP contribution in [0.3, 0.4) is 0 Å². The molecule has 7 nitrogen and oxygen atoms in total. The summed E-state index contributed by atoms with van der Waals surface area (Å²) in [5.41, 5.74) is 2.39. The Hall–Kier alpha value is -3.71. The minimum atomic E-state index is -1.03. The molecule has 2 aromatic carbocycles. The van der Waals surface area contributed by atoms with Gasteiger partial charge in [-0.3, -0.25) is 4.57 Å². The Morgan fingerprint density at radius 2 is 1.86 bits per heavy atom. The first kappa shape index (κ1) is 17.7. The van der Waals surface area contributed by atoms with E-state index in [0.717, 1.165) is 15.5 Å². The van der Waals surface area contributed by atoms with Gasteiger partial charge in [0.15, 0.2) is 0 Å². The van der Waals surface area contributed by atoms with Gasteiger partial charge >= 0.3 is 6.09 Å². The number of ether oxygens (including phenoxy) is 2. The molecule has 140 valence electrons. The number of benzene rings is 2. The molecule has 4 rings (SSSR count). The zero-order valence-electron chi connectivity index (χ0n) is 14.9. The lowest BCUT2D eigenvalue weighted by Crippen LogP contribution is -2.05. The molecule has 0 aliphatic heterocycles. The quantitative estimate of drug-likeness (QED) is 0.535. The minimum Gasteiger partial charge on any atom is -0.464 e. The van der Waals surface area contributed by atoms with Crippen LogP contribution in [0.2, 0.25) is 0 Å². The molecule has 2 aromatic heterocycles. The van der Waals surface area contributed by atoms with Crippen molar-refractivity contribution in [2.45, 2.75) is 13.2 Å². The molecule has 7 heteroatoms. The van der Waals surface area contributed by atoms with Crippen LogP contribution in [-0.4, -0.2) is 25.7 Å². The predicted octanol–water partition coefficient (Wildman–Crippen LogP) is 4.47. The van der Waals surface area contributed by atoms with Crippen molar-refractivity contribution in [2.75, 3.05) is 0 Å². The summed E-state index contributed by atoms with van der Waals surface area (Å²) in [5, 5.41) is 9.92. The maximum atomic E-state index is 11.2. The second-order valence-electron chi connectivity index (χ2n) is 6.12. The largest absolute Gasteiger partial charge is 0.464 e. The number of aromatic nitrogens is 3. The van der Waals surface area contributed by atoms with Gasteiger partial charge in [-0.15, -0.1) is 0 Å². The van der Waals surface area contributed by atoms with E-state index in [1.807, 2.05) is 30.3 Å². The third-order valence-corrected chi connectivity index (χ3v) is 4.15. The first-order chi connectivity index (χ1) is 13.7. The molecule has 0 atom stereocenters. The van der Waals surface area contributed by atoms with Crippen LogP contribution in [0.15, 0.2) is 73.2 Å². The highest BCUT2D eigenvalue weighted by Crippen LogP contribution is 2.25. The van der Waals surface area contributed by atoms with Crippen molar-refractivity contribution in [3.63, 3.8) is 0 Å². The number of fused-ring (bicyclic) bond motifs is 1. The van der Waals surface area contributed by atoms with Gasteiger partial charge < -0.3 is 14.6 Å². The first-order valence-electron chi connectivity index (χ1n) is 8.64. The topological polar surface area (TPSA) is 86.5 Å². The summed E-state index contributed by atoms with van der Waals surface area (Å²) in [6.07, 6.45) is 1.90. The number of nitrogens with zero attached hydrogens (tertiary/aromatic N) is 3. The van der Waals surface area contributed by atoms with Gasteiger partial charge in [0.05, 0.1) is 24.4 Å². The number of carboxylic acid groups (broad SMARTS) is 1. The van der Waals surface area contributed by atoms with E-state index in [-0.39, 0.29) is 0 Å². The van der Waals surface area contributed by atoms with Crippen molar-refractivity contribution in [3.8, 4) is 11.6 Å². The Balaban J connectivity index is 1.43. The zero-order valence-corrected chi connectivity index (χ0v) is 14.9. The fraction of sp³-hybridized carbons (Fsp3) is 0.0952. The van der Waals surface area contributed by atoms with Gasteiger partial charge in [0.1, 0.15) is 12.1 Å². The molecule has 0 aliphatic carbocycles. The monoisotopic (exact) mass is 375 g/mol. The molecule has 0 spiro atoms.